The van der Waals surface area contributed by atoms with Crippen molar-refractivity contribution in [3.8, 4) is 5.75 Å². The first-order valence-electron chi connectivity index (χ1n) is 10.5. The van der Waals surface area contributed by atoms with E-state index in [9.17, 15) is 9.59 Å². The van der Waals surface area contributed by atoms with Crippen molar-refractivity contribution < 1.29 is 14.3 Å². The molecule has 1 fully saturated rings. The molecule has 0 bridgehead atoms. The first-order chi connectivity index (χ1) is 14.9. The molecule has 4 rings (SSSR count). The van der Waals surface area contributed by atoms with Crippen LogP contribution in [0.3, 0.4) is 0 Å². The number of ether oxygens (including phenoxy) is 1. The average molecular weight is 422 g/mol. The van der Waals surface area contributed by atoms with Gasteiger partial charge >= 0.3 is 0 Å². The summed E-state index contributed by atoms with van der Waals surface area (Å²) in [4.78, 5) is 35.3. The Morgan fingerprint density at radius 3 is 2.65 bits per heavy atom. The average Bonchev–Trinajstić information content (AvgIpc) is 3.41. The van der Waals surface area contributed by atoms with E-state index < -0.39 is 5.91 Å². The van der Waals surface area contributed by atoms with Gasteiger partial charge in [0.05, 0.1) is 13.2 Å². The second-order valence-electron chi connectivity index (χ2n) is 7.93. The number of carbonyl (C=O) groups is 2. The van der Waals surface area contributed by atoms with Crippen LogP contribution >= 0.6 is 0 Å². The molecule has 1 aliphatic heterocycles. The van der Waals surface area contributed by atoms with E-state index in [0.29, 0.717) is 18.5 Å². The minimum absolute atomic E-state index is 0.105. The Kier molecular flexibility index (Phi) is 5.63. The molecule has 1 unspecified atom stereocenters. The largest absolute Gasteiger partial charge is 0.497 e. The molecule has 31 heavy (non-hydrogen) atoms. The number of amides is 2. The van der Waals surface area contributed by atoms with E-state index in [1.165, 1.54) is 0 Å². The van der Waals surface area contributed by atoms with Crippen LogP contribution in [0.2, 0.25) is 0 Å². The standard InChI is InChI=1S/C23H27N5O3/c1-14-18(15(2)28-13-25-21(22(24)30)23(28)26-14)10-11-20(29)27-12-4-5-19(27)16-6-8-17(31-3)9-7-16/h6-9,13,19H,4-5,10-12H2,1-3H3,(H2,24,30). The van der Waals surface area contributed by atoms with E-state index in [2.05, 4.69) is 9.97 Å². The number of fused-ring (bicyclic) bond motifs is 1. The van der Waals surface area contributed by atoms with E-state index in [1.807, 2.05) is 43.0 Å². The number of primary amides is 1. The molecule has 2 N–H and O–H groups in total. The van der Waals surface area contributed by atoms with Crippen molar-refractivity contribution in [2.75, 3.05) is 13.7 Å². The van der Waals surface area contributed by atoms with Gasteiger partial charge in [-0.3, -0.25) is 14.0 Å². The number of rotatable bonds is 6. The molecule has 8 heteroatoms. The maximum atomic E-state index is 13.1. The Bertz CT molecular complexity index is 1140. The number of imidazole rings is 1. The number of nitrogens with two attached hydrogens (primary N) is 1. The summed E-state index contributed by atoms with van der Waals surface area (Å²) in [6.07, 6.45) is 4.50. The van der Waals surface area contributed by atoms with Gasteiger partial charge in [0, 0.05) is 24.4 Å². The van der Waals surface area contributed by atoms with Gasteiger partial charge in [0.15, 0.2) is 11.3 Å². The van der Waals surface area contributed by atoms with E-state index in [-0.39, 0.29) is 17.6 Å². The molecule has 1 aliphatic rings. The van der Waals surface area contributed by atoms with Crippen LogP contribution in [0.25, 0.3) is 5.65 Å². The van der Waals surface area contributed by atoms with Crippen LogP contribution in [0.5, 0.6) is 5.75 Å². The Balaban J connectivity index is 1.51. The Hall–Kier alpha value is -3.42. The molecular formula is C23H27N5O3. The molecule has 0 aliphatic carbocycles. The Morgan fingerprint density at radius 1 is 1.23 bits per heavy atom. The van der Waals surface area contributed by atoms with Crippen LogP contribution < -0.4 is 10.5 Å². The van der Waals surface area contributed by atoms with Crippen LogP contribution in [0, 0.1) is 13.8 Å². The lowest BCUT2D eigenvalue weighted by Gasteiger charge is -2.25. The molecule has 3 heterocycles. The maximum absolute atomic E-state index is 13.1. The molecule has 0 spiro atoms. The van der Waals surface area contributed by atoms with E-state index in [4.69, 9.17) is 10.5 Å². The third kappa shape index (κ3) is 3.85. The smallest absolute Gasteiger partial charge is 0.271 e. The summed E-state index contributed by atoms with van der Waals surface area (Å²) in [5.74, 6) is 0.350. The van der Waals surface area contributed by atoms with E-state index in [0.717, 1.165) is 47.7 Å². The number of benzene rings is 1. The number of carbonyl (C=O) groups excluding carboxylic acids is 2. The fourth-order valence-corrected chi connectivity index (χ4v) is 4.48. The Morgan fingerprint density at radius 2 is 1.97 bits per heavy atom. The second kappa shape index (κ2) is 8.37. The summed E-state index contributed by atoms with van der Waals surface area (Å²) in [5.41, 5.74) is 9.85. The number of nitrogens with zero attached hydrogens (tertiary/aromatic N) is 4. The van der Waals surface area contributed by atoms with Crippen molar-refractivity contribution in [2.45, 2.75) is 45.6 Å². The zero-order valence-electron chi connectivity index (χ0n) is 18.1. The number of aromatic nitrogens is 3. The van der Waals surface area contributed by atoms with Gasteiger partial charge in [-0.2, -0.15) is 0 Å². The van der Waals surface area contributed by atoms with Gasteiger partial charge in [-0.1, -0.05) is 12.1 Å². The monoisotopic (exact) mass is 421 g/mol. The van der Waals surface area contributed by atoms with Crippen LogP contribution in [0.15, 0.2) is 30.6 Å². The molecule has 1 atom stereocenters. The lowest BCUT2D eigenvalue weighted by Crippen LogP contribution is -2.30. The lowest BCUT2D eigenvalue weighted by atomic mass is 10.0. The third-order valence-electron chi connectivity index (χ3n) is 6.15. The first-order valence-corrected chi connectivity index (χ1v) is 10.5. The quantitative estimate of drug-likeness (QED) is 0.659. The molecule has 1 saturated heterocycles. The summed E-state index contributed by atoms with van der Waals surface area (Å²) in [6.45, 7) is 4.61. The fourth-order valence-electron chi connectivity index (χ4n) is 4.48. The number of likely N-dealkylation sites (tertiary alicyclic amines) is 1. The van der Waals surface area contributed by atoms with E-state index >= 15 is 0 Å². The molecular weight excluding hydrogens is 394 g/mol. The summed E-state index contributed by atoms with van der Waals surface area (Å²) in [5, 5.41) is 0. The van der Waals surface area contributed by atoms with Gasteiger partial charge in [0.25, 0.3) is 5.91 Å². The molecule has 2 aromatic heterocycles. The Labute approximate surface area is 181 Å². The van der Waals surface area contributed by atoms with Gasteiger partial charge in [-0.15, -0.1) is 0 Å². The number of hydrogen-bond acceptors (Lipinski definition) is 5. The van der Waals surface area contributed by atoms with Gasteiger partial charge in [0.2, 0.25) is 5.91 Å². The maximum Gasteiger partial charge on any atom is 0.271 e. The molecule has 2 amide bonds. The number of methoxy groups -OCH3 is 1. The van der Waals surface area contributed by atoms with E-state index in [1.54, 1.807) is 17.8 Å². The third-order valence-corrected chi connectivity index (χ3v) is 6.15. The van der Waals surface area contributed by atoms with Crippen LogP contribution in [0.4, 0.5) is 0 Å². The molecule has 1 aromatic carbocycles. The number of hydrogen-bond donors (Lipinski definition) is 1. The molecule has 162 valence electrons. The topological polar surface area (TPSA) is 103 Å². The zero-order valence-corrected chi connectivity index (χ0v) is 18.1. The van der Waals surface area contributed by atoms with Gasteiger partial charge in [-0.25, -0.2) is 9.97 Å². The van der Waals surface area contributed by atoms with Crippen molar-refractivity contribution in [3.05, 3.63) is 58.8 Å². The first kappa shape index (κ1) is 20.8. The summed E-state index contributed by atoms with van der Waals surface area (Å²) < 4.78 is 7.01. The van der Waals surface area contributed by atoms with Crippen LogP contribution in [0.1, 0.15) is 58.3 Å². The molecule has 0 radical (unpaired) electrons. The fraction of sp³-hybridized carbons (Fsp3) is 0.391. The minimum Gasteiger partial charge on any atom is -0.497 e. The highest BCUT2D eigenvalue weighted by Crippen LogP contribution is 2.33. The number of aryl methyl sites for hydroxylation is 2. The van der Waals surface area contributed by atoms with Crippen LogP contribution in [-0.4, -0.2) is 44.7 Å². The SMILES string of the molecule is COc1ccc(C2CCCN2C(=O)CCc2c(C)nc3c(C(N)=O)ncn3c2C)cc1. The van der Waals surface area contributed by atoms with Gasteiger partial charge < -0.3 is 15.4 Å². The van der Waals surface area contributed by atoms with Crippen molar-refractivity contribution >= 4 is 17.5 Å². The predicted molar refractivity (Wildman–Crippen MR) is 116 cm³/mol. The molecule has 8 nitrogen and oxygen atoms in total. The van der Waals surface area contributed by atoms with Crippen molar-refractivity contribution in [1.29, 1.82) is 0 Å². The van der Waals surface area contributed by atoms with Crippen LogP contribution in [-0.2, 0) is 11.2 Å². The highest BCUT2D eigenvalue weighted by Gasteiger charge is 2.30. The zero-order chi connectivity index (χ0) is 22.1. The van der Waals surface area contributed by atoms with Gasteiger partial charge in [0.1, 0.15) is 12.1 Å². The normalized spacial score (nSPS) is 16.1. The molecule has 0 saturated carbocycles. The van der Waals surface area contributed by atoms with Crippen molar-refractivity contribution in [1.82, 2.24) is 19.3 Å². The summed E-state index contributed by atoms with van der Waals surface area (Å²) >= 11 is 0. The highest BCUT2D eigenvalue weighted by atomic mass is 16.5. The second-order valence-corrected chi connectivity index (χ2v) is 7.93. The summed E-state index contributed by atoms with van der Waals surface area (Å²) in [6, 6.07) is 8.06. The van der Waals surface area contributed by atoms with Crippen molar-refractivity contribution in [2.24, 2.45) is 5.73 Å². The predicted octanol–water partition coefficient (Wildman–Crippen LogP) is 2.75. The minimum atomic E-state index is -0.602. The molecule has 3 aromatic rings. The summed E-state index contributed by atoms with van der Waals surface area (Å²) in [7, 11) is 1.65. The lowest BCUT2D eigenvalue weighted by molar-refractivity contribution is -0.132. The van der Waals surface area contributed by atoms with Crippen molar-refractivity contribution in [3.63, 3.8) is 0 Å². The highest BCUT2D eigenvalue weighted by molar-refractivity contribution is 5.96. The van der Waals surface area contributed by atoms with Gasteiger partial charge in [-0.05, 0) is 56.4 Å².